The van der Waals surface area contributed by atoms with Crippen LogP contribution in [0.5, 0.6) is 0 Å². The van der Waals surface area contributed by atoms with E-state index in [1.165, 1.54) is 17.3 Å². The molecule has 30 heavy (non-hydrogen) atoms. The molecule has 0 atom stereocenters. The van der Waals surface area contributed by atoms with Crippen molar-refractivity contribution in [1.82, 2.24) is 0 Å². The first-order valence-electron chi connectivity index (χ1n) is 9.32. The van der Waals surface area contributed by atoms with Crippen LogP contribution in [-0.2, 0) is 4.79 Å². The summed E-state index contributed by atoms with van der Waals surface area (Å²) >= 11 is 12.9. The molecule has 0 saturated heterocycles. The van der Waals surface area contributed by atoms with Crippen molar-refractivity contribution in [2.75, 3.05) is 21.7 Å². The molecule has 3 aromatic carbocycles. The summed E-state index contributed by atoms with van der Waals surface area (Å²) in [5.41, 5.74) is 4.68. The van der Waals surface area contributed by atoms with Crippen molar-refractivity contribution in [2.24, 2.45) is 0 Å². The van der Waals surface area contributed by atoms with Crippen molar-refractivity contribution in [3.05, 3.63) is 82.9 Å². The Labute approximate surface area is 191 Å². The molecule has 0 unspecified atom stereocenters. The molecule has 0 aliphatic rings. The van der Waals surface area contributed by atoms with Gasteiger partial charge in [0.05, 0.1) is 5.75 Å². The lowest BCUT2D eigenvalue weighted by Crippen LogP contribution is -2.19. The Morgan fingerprint density at radius 3 is 2.43 bits per heavy atom. The van der Waals surface area contributed by atoms with Crippen molar-refractivity contribution >= 4 is 63.7 Å². The Kier molecular flexibility index (Phi) is 7.74. The van der Waals surface area contributed by atoms with Gasteiger partial charge in [0.1, 0.15) is 0 Å². The van der Waals surface area contributed by atoms with E-state index in [0.717, 1.165) is 27.5 Å². The first-order chi connectivity index (χ1) is 14.4. The Hall–Kier alpha value is -2.54. The predicted molar refractivity (Wildman–Crippen MR) is 133 cm³/mol. The van der Waals surface area contributed by atoms with Crippen LogP contribution in [0.1, 0.15) is 11.1 Å². The number of benzene rings is 3. The SMILES string of the molecule is Cc1ccc(NC(=S)Nc2cccc(SCC(=O)Nc3cc(Cl)ccc3C)c2)cc1. The third-order valence-corrected chi connectivity index (χ3v) is 5.68. The molecule has 0 fully saturated rings. The smallest absolute Gasteiger partial charge is 0.234 e. The molecule has 1 amide bonds. The van der Waals surface area contributed by atoms with Crippen molar-refractivity contribution in [3.8, 4) is 0 Å². The average Bonchev–Trinajstić information content (AvgIpc) is 2.71. The molecule has 0 saturated carbocycles. The van der Waals surface area contributed by atoms with Gasteiger partial charge in [-0.05, 0) is 74.1 Å². The Balaban J connectivity index is 1.53. The van der Waals surface area contributed by atoms with Gasteiger partial charge in [-0.25, -0.2) is 0 Å². The van der Waals surface area contributed by atoms with Crippen molar-refractivity contribution < 1.29 is 4.79 Å². The van der Waals surface area contributed by atoms with E-state index >= 15 is 0 Å². The van der Waals surface area contributed by atoms with E-state index in [-0.39, 0.29) is 5.91 Å². The number of carbonyl (C=O) groups is 1. The predicted octanol–water partition coefficient (Wildman–Crippen LogP) is 6.50. The zero-order chi connectivity index (χ0) is 21.5. The summed E-state index contributed by atoms with van der Waals surface area (Å²) in [5, 5.41) is 10.4. The molecule has 0 radical (unpaired) electrons. The Morgan fingerprint density at radius 2 is 1.67 bits per heavy atom. The van der Waals surface area contributed by atoms with Crippen LogP contribution in [0.15, 0.2) is 71.6 Å². The van der Waals surface area contributed by atoms with E-state index in [0.29, 0.717) is 15.9 Å². The molecule has 0 spiro atoms. The van der Waals surface area contributed by atoms with Crippen molar-refractivity contribution in [3.63, 3.8) is 0 Å². The average molecular weight is 456 g/mol. The van der Waals surface area contributed by atoms with Gasteiger partial charge in [-0.2, -0.15) is 0 Å². The fourth-order valence-electron chi connectivity index (χ4n) is 2.66. The van der Waals surface area contributed by atoms with E-state index < -0.39 is 0 Å². The van der Waals surface area contributed by atoms with Crippen LogP contribution >= 0.6 is 35.6 Å². The van der Waals surface area contributed by atoms with Gasteiger partial charge in [-0.3, -0.25) is 4.79 Å². The molecule has 3 rings (SSSR count). The summed E-state index contributed by atoms with van der Waals surface area (Å²) < 4.78 is 0. The quantitative estimate of drug-likeness (QED) is 0.292. The number of thioether (sulfide) groups is 1. The molecule has 3 aromatic rings. The summed E-state index contributed by atoms with van der Waals surface area (Å²) in [6.45, 7) is 3.97. The van der Waals surface area contributed by atoms with Gasteiger partial charge in [0.15, 0.2) is 5.11 Å². The highest BCUT2D eigenvalue weighted by Crippen LogP contribution is 2.24. The number of nitrogens with one attached hydrogen (secondary N) is 3. The second-order valence-corrected chi connectivity index (χ2v) is 8.66. The fourth-order valence-corrected chi connectivity index (χ4v) is 3.82. The van der Waals surface area contributed by atoms with E-state index in [9.17, 15) is 4.79 Å². The highest BCUT2D eigenvalue weighted by atomic mass is 35.5. The number of carbonyl (C=O) groups excluding carboxylic acids is 1. The molecule has 3 N–H and O–H groups in total. The number of amides is 1. The number of thiocarbonyl (C=S) groups is 1. The van der Waals surface area contributed by atoms with Gasteiger partial charge in [-0.15, -0.1) is 11.8 Å². The Bertz CT molecular complexity index is 1050. The highest BCUT2D eigenvalue weighted by molar-refractivity contribution is 8.00. The normalized spacial score (nSPS) is 10.4. The zero-order valence-corrected chi connectivity index (χ0v) is 19.0. The molecule has 0 aromatic heterocycles. The lowest BCUT2D eigenvalue weighted by Gasteiger charge is -2.12. The molecule has 0 heterocycles. The topological polar surface area (TPSA) is 53.2 Å². The van der Waals surface area contributed by atoms with E-state index in [1.807, 2.05) is 68.4 Å². The lowest BCUT2D eigenvalue weighted by molar-refractivity contribution is -0.113. The second-order valence-electron chi connectivity index (χ2n) is 6.77. The fraction of sp³-hybridized carbons (Fsp3) is 0.130. The van der Waals surface area contributed by atoms with E-state index in [4.69, 9.17) is 23.8 Å². The maximum Gasteiger partial charge on any atom is 0.234 e. The molecular weight excluding hydrogens is 434 g/mol. The van der Waals surface area contributed by atoms with Crippen molar-refractivity contribution in [1.29, 1.82) is 0 Å². The maximum atomic E-state index is 12.3. The van der Waals surface area contributed by atoms with E-state index in [1.54, 1.807) is 12.1 Å². The van der Waals surface area contributed by atoms with Crippen LogP contribution < -0.4 is 16.0 Å². The number of hydrogen-bond donors (Lipinski definition) is 3. The maximum absolute atomic E-state index is 12.3. The van der Waals surface area contributed by atoms with E-state index in [2.05, 4.69) is 16.0 Å². The number of rotatable bonds is 6. The van der Waals surface area contributed by atoms with Crippen LogP contribution in [0.3, 0.4) is 0 Å². The first kappa shape index (κ1) is 22.2. The molecule has 0 bridgehead atoms. The van der Waals surface area contributed by atoms with Crippen LogP contribution in [0, 0.1) is 13.8 Å². The van der Waals surface area contributed by atoms with Gasteiger partial charge in [0.25, 0.3) is 0 Å². The standard InChI is InChI=1S/C23H22ClN3OS2/c1-15-6-10-18(11-7-15)25-23(29)26-19-4-3-5-20(13-19)30-14-22(28)27-21-12-17(24)9-8-16(21)2/h3-13H,14H2,1-2H3,(H,27,28)(H2,25,26,29). The Morgan fingerprint density at radius 1 is 0.933 bits per heavy atom. The highest BCUT2D eigenvalue weighted by Gasteiger charge is 2.07. The molecule has 0 aliphatic carbocycles. The summed E-state index contributed by atoms with van der Waals surface area (Å²) in [4.78, 5) is 13.3. The van der Waals surface area contributed by atoms with Crippen LogP contribution in [0.2, 0.25) is 5.02 Å². The van der Waals surface area contributed by atoms with Gasteiger partial charge in [-0.1, -0.05) is 41.4 Å². The van der Waals surface area contributed by atoms with Gasteiger partial charge >= 0.3 is 0 Å². The molecular formula is C23H22ClN3OS2. The first-order valence-corrected chi connectivity index (χ1v) is 11.1. The van der Waals surface area contributed by atoms with Crippen LogP contribution in [0.25, 0.3) is 0 Å². The minimum Gasteiger partial charge on any atom is -0.332 e. The second kappa shape index (κ2) is 10.5. The monoisotopic (exact) mass is 455 g/mol. The minimum absolute atomic E-state index is 0.0831. The van der Waals surface area contributed by atoms with Gasteiger partial charge < -0.3 is 16.0 Å². The third kappa shape index (κ3) is 6.76. The summed E-state index contributed by atoms with van der Waals surface area (Å²) in [6.07, 6.45) is 0. The van der Waals surface area contributed by atoms with Crippen LogP contribution in [0.4, 0.5) is 17.1 Å². The third-order valence-electron chi connectivity index (χ3n) is 4.24. The summed E-state index contributed by atoms with van der Waals surface area (Å²) in [6, 6.07) is 21.2. The lowest BCUT2D eigenvalue weighted by atomic mass is 10.2. The van der Waals surface area contributed by atoms with Gasteiger partial charge in [0.2, 0.25) is 5.91 Å². The summed E-state index contributed by atoms with van der Waals surface area (Å²) in [5.74, 6) is 0.210. The molecule has 154 valence electrons. The summed E-state index contributed by atoms with van der Waals surface area (Å²) in [7, 11) is 0. The molecule has 7 heteroatoms. The van der Waals surface area contributed by atoms with Gasteiger partial charge in [0, 0.05) is 27.0 Å². The van der Waals surface area contributed by atoms with Crippen LogP contribution in [-0.4, -0.2) is 16.8 Å². The number of halogens is 1. The number of hydrogen-bond acceptors (Lipinski definition) is 3. The molecule has 4 nitrogen and oxygen atoms in total. The molecule has 0 aliphatic heterocycles. The largest absolute Gasteiger partial charge is 0.332 e. The minimum atomic E-state index is -0.0831. The number of anilines is 3. The number of aryl methyl sites for hydroxylation is 2. The zero-order valence-electron chi connectivity index (χ0n) is 16.7. The van der Waals surface area contributed by atoms with Crippen molar-refractivity contribution in [2.45, 2.75) is 18.7 Å².